The van der Waals surface area contributed by atoms with Gasteiger partial charge >= 0.3 is 0 Å². The van der Waals surface area contributed by atoms with Crippen molar-refractivity contribution >= 4 is 17.7 Å². The maximum Gasteiger partial charge on any atom is 0.266 e. The van der Waals surface area contributed by atoms with Crippen LogP contribution in [-0.4, -0.2) is 20.1 Å². The summed E-state index contributed by atoms with van der Waals surface area (Å²) in [4.78, 5) is 12.6. The molecular weight excluding hydrogens is 404 g/mol. The molecule has 0 aliphatic heterocycles. The van der Waals surface area contributed by atoms with Crippen LogP contribution in [0.4, 0.5) is 5.69 Å². The number of methoxy groups -OCH3 is 2. The molecule has 0 saturated carbocycles. The normalized spacial score (nSPS) is 10.8. The summed E-state index contributed by atoms with van der Waals surface area (Å²) in [6.07, 6.45) is 1.50. The Morgan fingerprint density at radius 3 is 2.28 bits per heavy atom. The number of hydrogen-bond acceptors (Lipinski definition) is 5. The van der Waals surface area contributed by atoms with E-state index in [-0.39, 0.29) is 5.57 Å². The van der Waals surface area contributed by atoms with Crippen LogP contribution >= 0.6 is 0 Å². The van der Waals surface area contributed by atoms with Crippen LogP contribution in [0.1, 0.15) is 16.7 Å². The smallest absolute Gasteiger partial charge is 0.266 e. The van der Waals surface area contributed by atoms with Crippen LogP contribution in [-0.2, 0) is 11.4 Å². The van der Waals surface area contributed by atoms with Crippen molar-refractivity contribution in [1.82, 2.24) is 0 Å². The topological polar surface area (TPSA) is 80.6 Å². The minimum atomic E-state index is -0.504. The third kappa shape index (κ3) is 5.89. The number of carbonyl (C=O) groups excluding carboxylic acids is 1. The summed E-state index contributed by atoms with van der Waals surface area (Å²) in [6, 6.07) is 22.2. The molecule has 0 unspecified atom stereocenters. The minimum Gasteiger partial charge on any atom is -0.493 e. The summed E-state index contributed by atoms with van der Waals surface area (Å²) < 4.78 is 16.3. The van der Waals surface area contributed by atoms with Crippen LogP contribution in [0, 0.1) is 18.3 Å². The van der Waals surface area contributed by atoms with Crippen LogP contribution in [0.5, 0.6) is 17.2 Å². The van der Waals surface area contributed by atoms with E-state index in [4.69, 9.17) is 14.2 Å². The second-order valence-corrected chi connectivity index (χ2v) is 7.04. The number of rotatable bonds is 8. The van der Waals surface area contributed by atoms with Gasteiger partial charge in [0.2, 0.25) is 0 Å². The van der Waals surface area contributed by atoms with Crippen molar-refractivity contribution in [3.05, 3.63) is 89.0 Å². The van der Waals surface area contributed by atoms with E-state index in [1.165, 1.54) is 18.7 Å². The van der Waals surface area contributed by atoms with E-state index >= 15 is 0 Å². The summed E-state index contributed by atoms with van der Waals surface area (Å²) in [6.45, 7) is 2.50. The van der Waals surface area contributed by atoms with E-state index in [1.54, 1.807) is 49.6 Å². The molecule has 3 aromatic carbocycles. The van der Waals surface area contributed by atoms with E-state index in [1.807, 2.05) is 37.3 Å². The molecule has 32 heavy (non-hydrogen) atoms. The summed E-state index contributed by atoms with van der Waals surface area (Å²) in [5.74, 6) is 1.26. The molecule has 3 rings (SSSR count). The number of amides is 1. The molecule has 1 amide bonds. The van der Waals surface area contributed by atoms with Crippen molar-refractivity contribution in [2.45, 2.75) is 13.5 Å². The van der Waals surface area contributed by atoms with Crippen molar-refractivity contribution in [3.8, 4) is 23.3 Å². The van der Waals surface area contributed by atoms with Gasteiger partial charge in [-0.25, -0.2) is 0 Å². The number of nitrogens with zero attached hydrogens (tertiary/aromatic N) is 1. The molecule has 0 aliphatic carbocycles. The van der Waals surface area contributed by atoms with Gasteiger partial charge in [-0.15, -0.1) is 0 Å². The molecule has 0 aromatic heterocycles. The Morgan fingerprint density at radius 2 is 1.66 bits per heavy atom. The average molecular weight is 428 g/mol. The first-order chi connectivity index (χ1) is 15.5. The zero-order chi connectivity index (χ0) is 22.9. The van der Waals surface area contributed by atoms with Crippen molar-refractivity contribution in [2.24, 2.45) is 0 Å². The standard InChI is InChI=1S/C26H24N2O4/c1-18-4-6-19(7-5-18)17-32-23-11-9-22(10-12-23)28-26(29)21(16-27)14-20-8-13-24(30-2)25(15-20)31-3/h4-15H,17H2,1-3H3,(H,28,29)/b21-14+. The van der Waals surface area contributed by atoms with Gasteiger partial charge in [0.1, 0.15) is 24.0 Å². The Morgan fingerprint density at radius 1 is 0.969 bits per heavy atom. The van der Waals surface area contributed by atoms with Gasteiger partial charge in [-0.1, -0.05) is 35.9 Å². The second-order valence-electron chi connectivity index (χ2n) is 7.04. The van der Waals surface area contributed by atoms with Gasteiger partial charge in [-0.2, -0.15) is 5.26 Å². The van der Waals surface area contributed by atoms with E-state index in [2.05, 4.69) is 5.32 Å². The van der Waals surface area contributed by atoms with Gasteiger partial charge < -0.3 is 19.5 Å². The lowest BCUT2D eigenvalue weighted by Gasteiger charge is -2.09. The highest BCUT2D eigenvalue weighted by Crippen LogP contribution is 2.28. The second kappa shape index (κ2) is 10.7. The van der Waals surface area contributed by atoms with Crippen LogP contribution in [0.3, 0.4) is 0 Å². The van der Waals surface area contributed by atoms with Crippen LogP contribution in [0.15, 0.2) is 72.3 Å². The highest BCUT2D eigenvalue weighted by atomic mass is 16.5. The van der Waals surface area contributed by atoms with Crippen molar-refractivity contribution in [1.29, 1.82) is 5.26 Å². The Balaban J connectivity index is 1.64. The lowest BCUT2D eigenvalue weighted by molar-refractivity contribution is -0.112. The largest absolute Gasteiger partial charge is 0.493 e. The number of nitriles is 1. The van der Waals surface area contributed by atoms with Gasteiger partial charge in [0.25, 0.3) is 5.91 Å². The van der Waals surface area contributed by atoms with Crippen LogP contribution < -0.4 is 19.5 Å². The third-order valence-electron chi connectivity index (χ3n) is 4.72. The highest BCUT2D eigenvalue weighted by molar-refractivity contribution is 6.09. The lowest BCUT2D eigenvalue weighted by Crippen LogP contribution is -2.13. The van der Waals surface area contributed by atoms with E-state index < -0.39 is 5.91 Å². The summed E-state index contributed by atoms with van der Waals surface area (Å²) in [7, 11) is 3.07. The zero-order valence-electron chi connectivity index (χ0n) is 18.2. The molecule has 6 heteroatoms. The Bertz CT molecular complexity index is 1140. The van der Waals surface area contributed by atoms with Gasteiger partial charge in [0.05, 0.1) is 14.2 Å². The fraction of sp³-hybridized carbons (Fsp3) is 0.154. The van der Waals surface area contributed by atoms with Gasteiger partial charge in [-0.3, -0.25) is 4.79 Å². The fourth-order valence-corrected chi connectivity index (χ4v) is 2.94. The average Bonchev–Trinajstić information content (AvgIpc) is 2.82. The van der Waals surface area contributed by atoms with Crippen LogP contribution in [0.25, 0.3) is 6.08 Å². The number of hydrogen-bond donors (Lipinski definition) is 1. The van der Waals surface area contributed by atoms with E-state index in [0.29, 0.717) is 35.1 Å². The predicted octanol–water partition coefficient (Wildman–Crippen LogP) is 5.14. The Kier molecular flexibility index (Phi) is 7.50. The minimum absolute atomic E-state index is 0.0306. The van der Waals surface area contributed by atoms with E-state index in [0.717, 1.165) is 5.56 Å². The fourth-order valence-electron chi connectivity index (χ4n) is 2.94. The summed E-state index contributed by atoms with van der Waals surface area (Å²) in [5, 5.41) is 12.2. The molecule has 0 aliphatic rings. The lowest BCUT2D eigenvalue weighted by atomic mass is 10.1. The molecule has 0 atom stereocenters. The SMILES string of the molecule is COc1ccc(/C=C(\C#N)C(=O)Nc2ccc(OCc3ccc(C)cc3)cc2)cc1OC. The number of nitrogens with one attached hydrogen (secondary N) is 1. The monoisotopic (exact) mass is 428 g/mol. The van der Waals surface area contributed by atoms with Crippen molar-refractivity contribution in [3.63, 3.8) is 0 Å². The molecule has 0 fully saturated rings. The van der Waals surface area contributed by atoms with Gasteiger partial charge in [0.15, 0.2) is 11.5 Å². The molecule has 3 aromatic rings. The zero-order valence-corrected chi connectivity index (χ0v) is 18.2. The molecule has 0 radical (unpaired) electrons. The molecule has 0 heterocycles. The Labute approximate surface area is 187 Å². The molecule has 6 nitrogen and oxygen atoms in total. The number of carbonyl (C=O) groups is 1. The molecule has 0 spiro atoms. The highest BCUT2D eigenvalue weighted by Gasteiger charge is 2.11. The molecule has 162 valence electrons. The predicted molar refractivity (Wildman–Crippen MR) is 124 cm³/mol. The molecule has 1 N–H and O–H groups in total. The first-order valence-corrected chi connectivity index (χ1v) is 9.96. The van der Waals surface area contributed by atoms with Crippen LogP contribution in [0.2, 0.25) is 0 Å². The number of benzene rings is 3. The van der Waals surface area contributed by atoms with Gasteiger partial charge in [0, 0.05) is 5.69 Å². The quantitative estimate of drug-likeness (QED) is 0.397. The first kappa shape index (κ1) is 22.4. The van der Waals surface area contributed by atoms with E-state index in [9.17, 15) is 10.1 Å². The molecule has 0 bridgehead atoms. The maximum atomic E-state index is 12.6. The number of anilines is 1. The van der Waals surface area contributed by atoms with Crippen molar-refractivity contribution < 1.29 is 19.0 Å². The summed E-state index contributed by atoms with van der Waals surface area (Å²) in [5.41, 5.74) is 3.45. The number of ether oxygens (including phenoxy) is 3. The molecule has 0 saturated heterocycles. The first-order valence-electron chi connectivity index (χ1n) is 9.96. The van der Waals surface area contributed by atoms with Gasteiger partial charge in [-0.05, 0) is 60.5 Å². The third-order valence-corrected chi connectivity index (χ3v) is 4.72. The summed E-state index contributed by atoms with van der Waals surface area (Å²) >= 11 is 0. The number of aryl methyl sites for hydroxylation is 1. The maximum absolute atomic E-state index is 12.6. The molecular formula is C26H24N2O4. The Hall–Kier alpha value is -4.24. The van der Waals surface area contributed by atoms with Crippen molar-refractivity contribution in [2.75, 3.05) is 19.5 Å².